The molecular weight excluding hydrogens is 238 g/mol. The van der Waals surface area contributed by atoms with Crippen molar-refractivity contribution in [3.8, 4) is 0 Å². The highest BCUT2D eigenvalue weighted by Crippen LogP contribution is 2.20. The quantitative estimate of drug-likeness (QED) is 0.886. The van der Waals surface area contributed by atoms with E-state index in [2.05, 4.69) is 28.4 Å². The molecule has 1 N–H and O–H groups in total. The summed E-state index contributed by atoms with van der Waals surface area (Å²) in [7, 11) is 0. The van der Waals surface area contributed by atoms with Crippen molar-refractivity contribution in [3.05, 3.63) is 17.5 Å². The fraction of sp³-hybridized carbons (Fsp3) is 0.800. The molecule has 1 aliphatic carbocycles. The molecule has 0 aromatic carbocycles. The van der Waals surface area contributed by atoms with Crippen LogP contribution in [0.2, 0.25) is 0 Å². The standard InChI is InChI=1S/C15H25N3O/c1-12-3-2-7-18(8-6-12)11-15-9-14(17-19-15)10-16-13-4-5-13/h9,12-13,16H,2-8,10-11H2,1H3. The molecule has 4 heteroatoms. The number of nitrogens with zero attached hydrogens (tertiary/aromatic N) is 2. The van der Waals surface area contributed by atoms with Gasteiger partial charge in [0.25, 0.3) is 0 Å². The average Bonchev–Trinajstić information content (AvgIpc) is 3.16. The van der Waals surface area contributed by atoms with E-state index in [0.717, 1.165) is 36.5 Å². The molecule has 2 heterocycles. The Balaban J connectivity index is 1.48. The van der Waals surface area contributed by atoms with Gasteiger partial charge in [-0.3, -0.25) is 4.90 Å². The summed E-state index contributed by atoms with van der Waals surface area (Å²) in [5.74, 6) is 1.89. The molecule has 2 aliphatic rings. The molecule has 1 aliphatic heterocycles. The SMILES string of the molecule is CC1CCCN(Cc2cc(CNC3CC3)no2)CC1. The van der Waals surface area contributed by atoms with Gasteiger partial charge in [-0.25, -0.2) is 0 Å². The summed E-state index contributed by atoms with van der Waals surface area (Å²) in [5, 5.41) is 7.63. The van der Waals surface area contributed by atoms with Gasteiger partial charge in [-0.15, -0.1) is 0 Å². The Bertz CT molecular complexity index is 400. The van der Waals surface area contributed by atoms with Crippen LogP contribution >= 0.6 is 0 Å². The van der Waals surface area contributed by atoms with Gasteiger partial charge in [-0.2, -0.15) is 0 Å². The maximum atomic E-state index is 5.46. The van der Waals surface area contributed by atoms with E-state index in [1.54, 1.807) is 0 Å². The van der Waals surface area contributed by atoms with Crippen molar-refractivity contribution >= 4 is 0 Å². The zero-order valence-corrected chi connectivity index (χ0v) is 11.9. The Morgan fingerprint density at radius 1 is 1.32 bits per heavy atom. The maximum Gasteiger partial charge on any atom is 0.151 e. The lowest BCUT2D eigenvalue weighted by Gasteiger charge is -2.17. The third kappa shape index (κ3) is 4.05. The molecule has 1 atom stereocenters. The molecule has 0 amide bonds. The summed E-state index contributed by atoms with van der Waals surface area (Å²) in [6, 6.07) is 2.84. The molecule has 1 aromatic heterocycles. The van der Waals surface area contributed by atoms with E-state index in [1.807, 2.05) is 0 Å². The van der Waals surface area contributed by atoms with Crippen LogP contribution in [0, 0.1) is 5.92 Å². The smallest absolute Gasteiger partial charge is 0.151 e. The highest BCUT2D eigenvalue weighted by molar-refractivity contribution is 5.05. The fourth-order valence-corrected chi connectivity index (χ4v) is 2.75. The summed E-state index contributed by atoms with van der Waals surface area (Å²) in [5.41, 5.74) is 1.05. The minimum atomic E-state index is 0.729. The van der Waals surface area contributed by atoms with E-state index in [1.165, 1.54) is 45.2 Å². The van der Waals surface area contributed by atoms with Crippen molar-refractivity contribution in [1.29, 1.82) is 0 Å². The van der Waals surface area contributed by atoms with Crippen LogP contribution in [0.5, 0.6) is 0 Å². The minimum absolute atomic E-state index is 0.729. The maximum absolute atomic E-state index is 5.46. The first-order chi connectivity index (χ1) is 9.29. The number of likely N-dealkylation sites (tertiary alicyclic amines) is 1. The Labute approximate surface area is 115 Å². The Morgan fingerprint density at radius 2 is 2.21 bits per heavy atom. The molecule has 0 radical (unpaired) electrons. The van der Waals surface area contributed by atoms with E-state index >= 15 is 0 Å². The van der Waals surface area contributed by atoms with Gasteiger partial charge in [0.2, 0.25) is 0 Å². The molecule has 106 valence electrons. The van der Waals surface area contributed by atoms with E-state index in [-0.39, 0.29) is 0 Å². The molecule has 1 saturated carbocycles. The number of nitrogens with one attached hydrogen (secondary N) is 1. The lowest BCUT2D eigenvalue weighted by molar-refractivity contribution is 0.236. The zero-order chi connectivity index (χ0) is 13.1. The molecule has 0 spiro atoms. The van der Waals surface area contributed by atoms with Crippen LogP contribution in [-0.2, 0) is 13.1 Å². The molecular formula is C15H25N3O. The predicted octanol–water partition coefficient (Wildman–Crippen LogP) is 2.55. The normalized spacial score (nSPS) is 25.4. The predicted molar refractivity (Wildman–Crippen MR) is 74.7 cm³/mol. The number of aromatic nitrogens is 1. The van der Waals surface area contributed by atoms with Gasteiger partial charge in [0, 0.05) is 18.7 Å². The average molecular weight is 263 g/mol. The second-order valence-corrected chi connectivity index (χ2v) is 6.25. The van der Waals surface area contributed by atoms with E-state index < -0.39 is 0 Å². The first-order valence-electron chi connectivity index (χ1n) is 7.70. The number of rotatable bonds is 5. The highest BCUT2D eigenvalue weighted by atomic mass is 16.5. The third-order valence-corrected chi connectivity index (χ3v) is 4.25. The third-order valence-electron chi connectivity index (χ3n) is 4.25. The van der Waals surface area contributed by atoms with Crippen molar-refractivity contribution in [2.45, 2.75) is 58.2 Å². The fourth-order valence-electron chi connectivity index (χ4n) is 2.75. The minimum Gasteiger partial charge on any atom is -0.360 e. The van der Waals surface area contributed by atoms with Crippen LogP contribution in [0.1, 0.15) is 50.5 Å². The van der Waals surface area contributed by atoms with E-state index in [0.29, 0.717) is 0 Å². The second kappa shape index (κ2) is 6.06. The van der Waals surface area contributed by atoms with Gasteiger partial charge in [0.1, 0.15) is 0 Å². The van der Waals surface area contributed by atoms with Crippen molar-refractivity contribution in [1.82, 2.24) is 15.4 Å². The van der Waals surface area contributed by atoms with Crippen LogP contribution in [0.15, 0.2) is 10.6 Å². The summed E-state index contributed by atoms with van der Waals surface area (Å²) in [6.45, 7) is 6.52. The zero-order valence-electron chi connectivity index (χ0n) is 11.9. The summed E-state index contributed by atoms with van der Waals surface area (Å²) < 4.78 is 5.46. The highest BCUT2D eigenvalue weighted by Gasteiger charge is 2.21. The first-order valence-corrected chi connectivity index (χ1v) is 7.70. The summed E-state index contributed by atoms with van der Waals surface area (Å²) in [4.78, 5) is 2.50. The van der Waals surface area contributed by atoms with Crippen LogP contribution in [0.25, 0.3) is 0 Å². The van der Waals surface area contributed by atoms with Crippen molar-refractivity contribution in [3.63, 3.8) is 0 Å². The molecule has 1 saturated heterocycles. The van der Waals surface area contributed by atoms with Crippen LogP contribution in [-0.4, -0.2) is 29.2 Å². The lowest BCUT2D eigenvalue weighted by atomic mass is 10.0. The summed E-state index contributed by atoms with van der Waals surface area (Å²) >= 11 is 0. The summed E-state index contributed by atoms with van der Waals surface area (Å²) in [6.07, 6.45) is 6.62. The molecule has 19 heavy (non-hydrogen) atoms. The van der Waals surface area contributed by atoms with Crippen molar-refractivity contribution in [2.24, 2.45) is 5.92 Å². The molecule has 1 aromatic rings. The van der Waals surface area contributed by atoms with Crippen LogP contribution in [0.4, 0.5) is 0 Å². The Morgan fingerprint density at radius 3 is 3.05 bits per heavy atom. The lowest BCUT2D eigenvalue weighted by Crippen LogP contribution is -2.24. The van der Waals surface area contributed by atoms with Gasteiger partial charge in [-0.05, 0) is 51.1 Å². The van der Waals surface area contributed by atoms with Gasteiger partial charge < -0.3 is 9.84 Å². The van der Waals surface area contributed by atoms with Crippen LogP contribution in [0.3, 0.4) is 0 Å². The van der Waals surface area contributed by atoms with Gasteiger partial charge in [-0.1, -0.05) is 12.1 Å². The van der Waals surface area contributed by atoms with Gasteiger partial charge in [0.15, 0.2) is 5.76 Å². The molecule has 4 nitrogen and oxygen atoms in total. The molecule has 1 unspecified atom stereocenters. The second-order valence-electron chi connectivity index (χ2n) is 6.25. The molecule has 2 fully saturated rings. The van der Waals surface area contributed by atoms with E-state index in [4.69, 9.17) is 4.52 Å². The van der Waals surface area contributed by atoms with Crippen molar-refractivity contribution in [2.75, 3.05) is 13.1 Å². The monoisotopic (exact) mass is 263 g/mol. The van der Waals surface area contributed by atoms with Gasteiger partial charge in [0.05, 0.1) is 12.2 Å². The van der Waals surface area contributed by atoms with E-state index in [9.17, 15) is 0 Å². The largest absolute Gasteiger partial charge is 0.360 e. The Kier molecular flexibility index (Phi) is 4.18. The number of hydrogen-bond donors (Lipinski definition) is 1. The molecule has 0 bridgehead atoms. The van der Waals surface area contributed by atoms with Crippen LogP contribution < -0.4 is 5.32 Å². The van der Waals surface area contributed by atoms with Crippen molar-refractivity contribution < 1.29 is 4.52 Å². The van der Waals surface area contributed by atoms with Gasteiger partial charge >= 0.3 is 0 Å². The first kappa shape index (κ1) is 13.1. The Hall–Kier alpha value is -0.870. The topological polar surface area (TPSA) is 41.3 Å². The number of hydrogen-bond acceptors (Lipinski definition) is 4. The molecule has 3 rings (SSSR count).